The molecular formula is C13H26N2. The Kier molecular flexibility index (Phi) is 3.36. The fourth-order valence-electron chi connectivity index (χ4n) is 2.69. The van der Waals surface area contributed by atoms with Gasteiger partial charge in [-0.1, -0.05) is 13.8 Å². The third-order valence-corrected chi connectivity index (χ3v) is 4.16. The molecule has 1 saturated carbocycles. The van der Waals surface area contributed by atoms with Crippen LogP contribution < -0.4 is 5.32 Å². The smallest absolute Gasteiger partial charge is 0.0166 e. The van der Waals surface area contributed by atoms with Gasteiger partial charge in [-0.05, 0) is 57.2 Å². The Morgan fingerprint density at radius 1 is 1.33 bits per heavy atom. The lowest BCUT2D eigenvalue weighted by atomic mass is 10.1. The first-order chi connectivity index (χ1) is 7.08. The molecule has 15 heavy (non-hydrogen) atoms. The van der Waals surface area contributed by atoms with Crippen molar-refractivity contribution in [1.29, 1.82) is 0 Å². The molecule has 1 N–H and O–H groups in total. The van der Waals surface area contributed by atoms with Gasteiger partial charge < -0.3 is 10.2 Å². The molecule has 2 aliphatic rings. The lowest BCUT2D eigenvalue weighted by molar-refractivity contribution is 0.295. The average Bonchev–Trinajstić information content (AvgIpc) is 2.62. The van der Waals surface area contributed by atoms with Crippen molar-refractivity contribution in [2.75, 3.05) is 26.2 Å². The quantitative estimate of drug-likeness (QED) is 0.747. The van der Waals surface area contributed by atoms with Crippen molar-refractivity contribution in [3.05, 3.63) is 0 Å². The van der Waals surface area contributed by atoms with E-state index in [-0.39, 0.29) is 0 Å². The van der Waals surface area contributed by atoms with E-state index in [1.165, 1.54) is 45.4 Å². The summed E-state index contributed by atoms with van der Waals surface area (Å²) < 4.78 is 0. The highest BCUT2D eigenvalue weighted by molar-refractivity contribution is 4.96. The third kappa shape index (κ3) is 3.18. The largest absolute Gasteiger partial charge is 0.313 e. The normalized spacial score (nSPS) is 31.8. The summed E-state index contributed by atoms with van der Waals surface area (Å²) >= 11 is 0. The van der Waals surface area contributed by atoms with Crippen LogP contribution in [0.25, 0.3) is 0 Å². The van der Waals surface area contributed by atoms with Gasteiger partial charge in [0.25, 0.3) is 0 Å². The van der Waals surface area contributed by atoms with Crippen molar-refractivity contribution in [2.45, 2.75) is 46.1 Å². The molecule has 2 rings (SSSR count). The molecule has 88 valence electrons. The van der Waals surface area contributed by atoms with Crippen LogP contribution in [0.3, 0.4) is 0 Å². The van der Waals surface area contributed by atoms with E-state index in [9.17, 15) is 0 Å². The van der Waals surface area contributed by atoms with Crippen LogP contribution in [-0.2, 0) is 0 Å². The summed E-state index contributed by atoms with van der Waals surface area (Å²) in [7, 11) is 0. The number of nitrogens with one attached hydrogen (secondary N) is 1. The summed E-state index contributed by atoms with van der Waals surface area (Å²) in [6, 6.07) is 0.666. The maximum atomic E-state index is 3.69. The van der Waals surface area contributed by atoms with Crippen LogP contribution in [0.2, 0.25) is 0 Å². The van der Waals surface area contributed by atoms with Gasteiger partial charge in [-0.25, -0.2) is 0 Å². The molecule has 1 heterocycles. The van der Waals surface area contributed by atoms with Gasteiger partial charge in [0.15, 0.2) is 0 Å². The van der Waals surface area contributed by atoms with Crippen molar-refractivity contribution in [1.82, 2.24) is 10.2 Å². The number of rotatable bonds is 5. The van der Waals surface area contributed by atoms with Gasteiger partial charge in [0.1, 0.15) is 0 Å². The van der Waals surface area contributed by atoms with Gasteiger partial charge >= 0.3 is 0 Å². The maximum absolute atomic E-state index is 3.69. The van der Waals surface area contributed by atoms with Crippen molar-refractivity contribution in [3.8, 4) is 0 Å². The topological polar surface area (TPSA) is 15.3 Å². The number of likely N-dealkylation sites (tertiary alicyclic amines) is 1. The SMILES string of the molecule is CC(CN1CCCC1)NCC1CC1(C)C. The molecule has 0 aromatic rings. The van der Waals surface area contributed by atoms with Crippen LogP contribution >= 0.6 is 0 Å². The van der Waals surface area contributed by atoms with Crippen LogP contribution in [-0.4, -0.2) is 37.1 Å². The Bertz CT molecular complexity index is 207. The summed E-state index contributed by atoms with van der Waals surface area (Å²) in [5.41, 5.74) is 0.625. The number of hydrogen-bond donors (Lipinski definition) is 1. The van der Waals surface area contributed by atoms with E-state index < -0.39 is 0 Å². The molecule has 0 aromatic heterocycles. The van der Waals surface area contributed by atoms with Crippen LogP contribution in [0.1, 0.15) is 40.0 Å². The van der Waals surface area contributed by atoms with Gasteiger partial charge in [0.2, 0.25) is 0 Å². The molecule has 1 aliphatic carbocycles. The van der Waals surface area contributed by atoms with Crippen molar-refractivity contribution in [2.24, 2.45) is 11.3 Å². The number of hydrogen-bond acceptors (Lipinski definition) is 2. The Morgan fingerprint density at radius 2 is 1.93 bits per heavy atom. The second-order valence-electron chi connectivity index (χ2n) is 6.21. The second kappa shape index (κ2) is 4.42. The minimum absolute atomic E-state index is 0.625. The van der Waals surface area contributed by atoms with Gasteiger partial charge in [0.05, 0.1) is 0 Å². The first-order valence-electron chi connectivity index (χ1n) is 6.54. The minimum atomic E-state index is 0.625. The lowest BCUT2D eigenvalue weighted by Crippen LogP contribution is -2.39. The average molecular weight is 210 g/mol. The summed E-state index contributed by atoms with van der Waals surface area (Å²) in [5.74, 6) is 0.929. The van der Waals surface area contributed by atoms with Crippen LogP contribution in [0, 0.1) is 11.3 Å². The molecule has 1 aliphatic heterocycles. The zero-order valence-corrected chi connectivity index (χ0v) is 10.6. The van der Waals surface area contributed by atoms with Crippen LogP contribution in [0.4, 0.5) is 0 Å². The Balaban J connectivity index is 1.58. The molecule has 2 fully saturated rings. The minimum Gasteiger partial charge on any atom is -0.313 e. The van der Waals surface area contributed by atoms with Gasteiger partial charge in [-0.3, -0.25) is 0 Å². The van der Waals surface area contributed by atoms with E-state index in [0.29, 0.717) is 11.5 Å². The van der Waals surface area contributed by atoms with E-state index in [2.05, 4.69) is 31.0 Å². The first-order valence-corrected chi connectivity index (χ1v) is 6.54. The summed E-state index contributed by atoms with van der Waals surface area (Å²) in [6.45, 7) is 12.2. The van der Waals surface area contributed by atoms with Crippen molar-refractivity contribution < 1.29 is 0 Å². The van der Waals surface area contributed by atoms with Crippen LogP contribution in [0.5, 0.6) is 0 Å². The Hall–Kier alpha value is -0.0800. The Morgan fingerprint density at radius 3 is 2.47 bits per heavy atom. The highest BCUT2D eigenvalue weighted by Crippen LogP contribution is 2.50. The first kappa shape index (κ1) is 11.4. The predicted molar refractivity (Wildman–Crippen MR) is 65.0 cm³/mol. The molecule has 0 amide bonds. The molecule has 0 spiro atoms. The molecule has 0 bridgehead atoms. The van der Waals surface area contributed by atoms with Gasteiger partial charge in [0, 0.05) is 12.6 Å². The molecule has 2 heteroatoms. The fraction of sp³-hybridized carbons (Fsp3) is 1.00. The lowest BCUT2D eigenvalue weighted by Gasteiger charge is -2.21. The monoisotopic (exact) mass is 210 g/mol. The van der Waals surface area contributed by atoms with E-state index in [1.807, 2.05) is 0 Å². The summed E-state index contributed by atoms with van der Waals surface area (Å²) in [5, 5.41) is 3.69. The van der Waals surface area contributed by atoms with Crippen molar-refractivity contribution >= 4 is 0 Å². The van der Waals surface area contributed by atoms with Crippen molar-refractivity contribution in [3.63, 3.8) is 0 Å². The summed E-state index contributed by atoms with van der Waals surface area (Å²) in [4.78, 5) is 2.59. The molecule has 2 atom stereocenters. The van der Waals surface area contributed by atoms with E-state index in [0.717, 1.165) is 5.92 Å². The van der Waals surface area contributed by atoms with E-state index in [1.54, 1.807) is 0 Å². The maximum Gasteiger partial charge on any atom is 0.0166 e. The molecule has 2 nitrogen and oxygen atoms in total. The van der Waals surface area contributed by atoms with Gasteiger partial charge in [-0.15, -0.1) is 0 Å². The van der Waals surface area contributed by atoms with Crippen LogP contribution in [0.15, 0.2) is 0 Å². The fourth-order valence-corrected chi connectivity index (χ4v) is 2.69. The zero-order chi connectivity index (χ0) is 10.9. The summed E-state index contributed by atoms with van der Waals surface area (Å²) in [6.07, 6.45) is 4.22. The molecule has 1 saturated heterocycles. The number of nitrogens with zero attached hydrogens (tertiary/aromatic N) is 1. The van der Waals surface area contributed by atoms with E-state index in [4.69, 9.17) is 0 Å². The zero-order valence-electron chi connectivity index (χ0n) is 10.6. The Labute approximate surface area is 94.4 Å². The predicted octanol–water partition coefficient (Wildman–Crippen LogP) is 2.11. The highest BCUT2D eigenvalue weighted by Gasteiger charge is 2.44. The molecular weight excluding hydrogens is 184 g/mol. The van der Waals surface area contributed by atoms with Gasteiger partial charge in [-0.2, -0.15) is 0 Å². The second-order valence-corrected chi connectivity index (χ2v) is 6.21. The standard InChI is InChI=1S/C13H26N2/c1-11(10-15-6-4-5-7-15)14-9-12-8-13(12,2)3/h11-12,14H,4-10H2,1-3H3. The van der Waals surface area contributed by atoms with E-state index >= 15 is 0 Å². The molecule has 2 unspecified atom stereocenters. The highest BCUT2D eigenvalue weighted by atomic mass is 15.2. The third-order valence-electron chi connectivity index (χ3n) is 4.16. The molecule has 0 radical (unpaired) electrons. The molecule has 0 aromatic carbocycles.